The predicted molar refractivity (Wildman–Crippen MR) is 60.2 cm³/mol. The second-order valence-electron chi connectivity index (χ2n) is 3.26. The average molecular weight is 202 g/mol. The molecule has 0 bridgehead atoms. The van der Waals surface area contributed by atoms with Crippen LogP contribution in [0.4, 0.5) is 0 Å². The number of rotatable bonds is 5. The van der Waals surface area contributed by atoms with E-state index in [1.165, 1.54) is 6.08 Å². The Morgan fingerprint density at radius 2 is 2.07 bits per heavy atom. The van der Waals surface area contributed by atoms with E-state index in [9.17, 15) is 9.59 Å². The largest absolute Gasteiger partial charge is 0.298 e. The molecule has 0 fully saturated rings. The number of carbonyl (C=O) groups is 2. The fourth-order valence-electron chi connectivity index (χ4n) is 1.27. The zero-order valence-electron chi connectivity index (χ0n) is 8.77. The summed E-state index contributed by atoms with van der Waals surface area (Å²) >= 11 is 0. The summed E-state index contributed by atoms with van der Waals surface area (Å²) in [6, 6.07) is 6.82. The molecule has 0 atom stereocenters. The zero-order chi connectivity index (χ0) is 11.1. The highest BCUT2D eigenvalue weighted by atomic mass is 16.1. The molecule has 2 heteroatoms. The summed E-state index contributed by atoms with van der Waals surface area (Å²) in [6.45, 7) is 2.05. The van der Waals surface area contributed by atoms with Gasteiger partial charge in [0.15, 0.2) is 12.1 Å². The van der Waals surface area contributed by atoms with Crippen LogP contribution in [0.2, 0.25) is 0 Å². The molecule has 0 unspecified atom stereocenters. The van der Waals surface area contributed by atoms with Crippen LogP contribution in [0.1, 0.15) is 40.5 Å². The van der Waals surface area contributed by atoms with Crippen LogP contribution in [-0.2, 0) is 0 Å². The molecular formula is C13H14O2. The molecule has 1 aromatic rings. The van der Waals surface area contributed by atoms with Crippen molar-refractivity contribution in [2.24, 2.45) is 0 Å². The molecule has 0 aliphatic carbocycles. The summed E-state index contributed by atoms with van der Waals surface area (Å²) in [5, 5.41) is 0. The molecule has 78 valence electrons. The van der Waals surface area contributed by atoms with Gasteiger partial charge in [0.2, 0.25) is 0 Å². The van der Waals surface area contributed by atoms with Gasteiger partial charge in [-0.25, -0.2) is 0 Å². The molecule has 2 nitrogen and oxygen atoms in total. The van der Waals surface area contributed by atoms with Gasteiger partial charge in [-0.2, -0.15) is 0 Å². The van der Waals surface area contributed by atoms with E-state index in [1.54, 1.807) is 24.3 Å². The molecule has 0 radical (unpaired) electrons. The number of hydrogen-bond donors (Lipinski definition) is 0. The summed E-state index contributed by atoms with van der Waals surface area (Å²) < 4.78 is 0. The number of unbranched alkanes of at least 4 members (excludes halogenated alkanes) is 1. The van der Waals surface area contributed by atoms with Crippen molar-refractivity contribution in [3.63, 3.8) is 0 Å². The predicted octanol–water partition coefficient (Wildman–Crippen LogP) is 3.04. The lowest BCUT2D eigenvalue weighted by Gasteiger charge is -1.98. The maximum Gasteiger partial charge on any atom is 0.186 e. The molecule has 0 aromatic heterocycles. The first-order valence-corrected chi connectivity index (χ1v) is 5.04. The van der Waals surface area contributed by atoms with E-state index in [0.717, 1.165) is 12.8 Å². The summed E-state index contributed by atoms with van der Waals surface area (Å²) in [6.07, 6.45) is 5.98. The Hall–Kier alpha value is -1.70. The van der Waals surface area contributed by atoms with Crippen LogP contribution in [0.3, 0.4) is 0 Å². The minimum atomic E-state index is -0.105. The first-order valence-electron chi connectivity index (χ1n) is 5.04. The molecular weight excluding hydrogens is 188 g/mol. The highest BCUT2D eigenvalue weighted by Crippen LogP contribution is 2.08. The van der Waals surface area contributed by atoms with Crippen molar-refractivity contribution in [2.45, 2.75) is 19.8 Å². The first kappa shape index (κ1) is 11.4. The molecule has 1 rings (SSSR count). The quantitative estimate of drug-likeness (QED) is 0.418. The molecule has 0 aliphatic rings. The summed E-state index contributed by atoms with van der Waals surface area (Å²) in [5.41, 5.74) is 0.920. The van der Waals surface area contributed by atoms with Crippen LogP contribution in [0.25, 0.3) is 0 Å². The standard InChI is InChI=1S/C13H14O2/c1-2-3-4-9-13(15)12-8-6-5-7-11(12)10-14/h4-10H,2-3H2,1H3/b9-4+. The van der Waals surface area contributed by atoms with Crippen LogP contribution in [0, 0.1) is 0 Å². The van der Waals surface area contributed by atoms with Gasteiger partial charge >= 0.3 is 0 Å². The number of allylic oxidation sites excluding steroid dienone is 2. The van der Waals surface area contributed by atoms with Crippen molar-refractivity contribution in [3.05, 3.63) is 47.5 Å². The summed E-state index contributed by atoms with van der Waals surface area (Å²) in [4.78, 5) is 22.3. The lowest BCUT2D eigenvalue weighted by molar-refractivity contribution is 0.103. The van der Waals surface area contributed by atoms with E-state index in [2.05, 4.69) is 0 Å². The minimum absolute atomic E-state index is 0.105. The van der Waals surface area contributed by atoms with Crippen molar-refractivity contribution in [1.82, 2.24) is 0 Å². The first-order chi connectivity index (χ1) is 7.29. The van der Waals surface area contributed by atoms with Crippen LogP contribution >= 0.6 is 0 Å². The van der Waals surface area contributed by atoms with Crippen LogP contribution in [-0.4, -0.2) is 12.1 Å². The Morgan fingerprint density at radius 3 is 2.73 bits per heavy atom. The van der Waals surface area contributed by atoms with Gasteiger partial charge in [0.1, 0.15) is 0 Å². The zero-order valence-corrected chi connectivity index (χ0v) is 8.77. The van der Waals surface area contributed by atoms with Gasteiger partial charge in [-0.15, -0.1) is 0 Å². The van der Waals surface area contributed by atoms with Crippen LogP contribution in [0.15, 0.2) is 36.4 Å². The number of carbonyl (C=O) groups excluding carboxylic acids is 2. The van der Waals surface area contributed by atoms with E-state index in [1.807, 2.05) is 13.0 Å². The Labute approximate surface area is 89.6 Å². The van der Waals surface area contributed by atoms with E-state index in [0.29, 0.717) is 17.4 Å². The molecule has 0 spiro atoms. The number of benzene rings is 1. The van der Waals surface area contributed by atoms with Gasteiger partial charge in [-0.3, -0.25) is 9.59 Å². The number of ketones is 1. The third-order valence-corrected chi connectivity index (χ3v) is 2.08. The van der Waals surface area contributed by atoms with Gasteiger partial charge in [-0.1, -0.05) is 43.7 Å². The molecule has 1 aromatic carbocycles. The highest BCUT2D eigenvalue weighted by molar-refractivity contribution is 6.09. The minimum Gasteiger partial charge on any atom is -0.298 e. The van der Waals surface area contributed by atoms with Crippen molar-refractivity contribution >= 4 is 12.1 Å². The number of aldehydes is 1. The average Bonchev–Trinajstić information content (AvgIpc) is 2.29. The maximum atomic E-state index is 11.7. The van der Waals surface area contributed by atoms with Crippen molar-refractivity contribution < 1.29 is 9.59 Å². The number of hydrogen-bond acceptors (Lipinski definition) is 2. The van der Waals surface area contributed by atoms with Gasteiger partial charge in [0, 0.05) is 11.1 Å². The summed E-state index contributed by atoms with van der Waals surface area (Å²) in [5.74, 6) is -0.105. The van der Waals surface area contributed by atoms with Crippen LogP contribution < -0.4 is 0 Å². The molecule has 0 aliphatic heterocycles. The van der Waals surface area contributed by atoms with Gasteiger partial charge in [0.05, 0.1) is 0 Å². The second kappa shape index (κ2) is 5.91. The lowest BCUT2D eigenvalue weighted by Crippen LogP contribution is -1.99. The van der Waals surface area contributed by atoms with E-state index >= 15 is 0 Å². The molecule has 0 N–H and O–H groups in total. The molecule has 0 saturated carbocycles. The molecule has 0 heterocycles. The Balaban J connectivity index is 2.86. The summed E-state index contributed by atoms with van der Waals surface area (Å²) in [7, 11) is 0. The SMILES string of the molecule is CCC/C=C/C(=O)c1ccccc1C=O. The monoisotopic (exact) mass is 202 g/mol. The van der Waals surface area contributed by atoms with Crippen LogP contribution in [0.5, 0.6) is 0 Å². The third-order valence-electron chi connectivity index (χ3n) is 2.08. The highest BCUT2D eigenvalue weighted by Gasteiger charge is 2.06. The fourth-order valence-corrected chi connectivity index (χ4v) is 1.27. The normalized spacial score (nSPS) is 10.5. The second-order valence-corrected chi connectivity index (χ2v) is 3.26. The Kier molecular flexibility index (Phi) is 4.48. The Morgan fingerprint density at radius 1 is 1.33 bits per heavy atom. The topological polar surface area (TPSA) is 34.1 Å². The third kappa shape index (κ3) is 3.17. The fraction of sp³-hybridized carbons (Fsp3) is 0.231. The van der Waals surface area contributed by atoms with Gasteiger partial charge in [0.25, 0.3) is 0 Å². The lowest BCUT2D eigenvalue weighted by atomic mass is 10.0. The van der Waals surface area contributed by atoms with Gasteiger partial charge in [-0.05, 0) is 12.5 Å². The maximum absolute atomic E-state index is 11.7. The van der Waals surface area contributed by atoms with E-state index in [4.69, 9.17) is 0 Å². The smallest absolute Gasteiger partial charge is 0.186 e. The van der Waals surface area contributed by atoms with Gasteiger partial charge < -0.3 is 0 Å². The molecule has 0 saturated heterocycles. The van der Waals surface area contributed by atoms with E-state index < -0.39 is 0 Å². The van der Waals surface area contributed by atoms with E-state index in [-0.39, 0.29) is 5.78 Å². The Bertz CT molecular complexity index is 378. The van der Waals surface area contributed by atoms with Crippen molar-refractivity contribution in [1.29, 1.82) is 0 Å². The van der Waals surface area contributed by atoms with Crippen molar-refractivity contribution in [3.8, 4) is 0 Å². The molecule has 0 amide bonds. The molecule has 15 heavy (non-hydrogen) atoms. The van der Waals surface area contributed by atoms with Crippen molar-refractivity contribution in [2.75, 3.05) is 0 Å².